The SMILES string of the molecule is CCOc1ccc(Br)cc1S(=O)(=O)Oc1ccc2ccccc2c1. The zero-order chi connectivity index (χ0) is 17.2. The minimum Gasteiger partial charge on any atom is -0.492 e. The van der Waals surface area contributed by atoms with E-state index in [9.17, 15) is 8.42 Å². The average Bonchev–Trinajstić information content (AvgIpc) is 2.56. The van der Waals surface area contributed by atoms with Crippen LogP contribution >= 0.6 is 15.9 Å². The number of fused-ring (bicyclic) bond motifs is 1. The van der Waals surface area contributed by atoms with E-state index in [-0.39, 0.29) is 16.4 Å². The van der Waals surface area contributed by atoms with Crippen LogP contribution in [0.5, 0.6) is 11.5 Å². The van der Waals surface area contributed by atoms with E-state index < -0.39 is 10.1 Å². The smallest absolute Gasteiger partial charge is 0.342 e. The van der Waals surface area contributed by atoms with Crippen LogP contribution in [-0.2, 0) is 10.1 Å². The monoisotopic (exact) mass is 406 g/mol. The molecule has 124 valence electrons. The number of hydrogen-bond acceptors (Lipinski definition) is 4. The molecule has 3 aromatic rings. The second-order valence-electron chi connectivity index (χ2n) is 5.07. The van der Waals surface area contributed by atoms with Crippen LogP contribution in [0.15, 0.2) is 70.0 Å². The molecule has 0 aromatic heterocycles. The fourth-order valence-corrected chi connectivity index (χ4v) is 3.95. The molecule has 0 radical (unpaired) electrons. The maximum absolute atomic E-state index is 12.7. The van der Waals surface area contributed by atoms with Gasteiger partial charge in [0.1, 0.15) is 16.4 Å². The van der Waals surface area contributed by atoms with Gasteiger partial charge in [-0.2, -0.15) is 8.42 Å². The van der Waals surface area contributed by atoms with Crippen molar-refractivity contribution in [2.45, 2.75) is 11.8 Å². The molecule has 0 aliphatic heterocycles. The largest absolute Gasteiger partial charge is 0.492 e. The van der Waals surface area contributed by atoms with Gasteiger partial charge in [-0.05, 0) is 48.0 Å². The van der Waals surface area contributed by atoms with Gasteiger partial charge >= 0.3 is 10.1 Å². The number of rotatable bonds is 5. The highest BCUT2D eigenvalue weighted by molar-refractivity contribution is 9.10. The molecule has 0 unspecified atom stereocenters. The van der Waals surface area contributed by atoms with Crippen LogP contribution in [0, 0.1) is 0 Å². The minimum atomic E-state index is -4.01. The van der Waals surface area contributed by atoms with Crippen molar-refractivity contribution in [3.8, 4) is 11.5 Å². The summed E-state index contributed by atoms with van der Waals surface area (Å²) in [6, 6.07) is 17.6. The molecule has 0 spiro atoms. The molecule has 0 heterocycles. The molecule has 0 bridgehead atoms. The van der Waals surface area contributed by atoms with E-state index in [4.69, 9.17) is 8.92 Å². The standard InChI is InChI=1S/C18H15BrO4S/c1-2-22-17-10-8-15(19)12-18(17)24(20,21)23-16-9-7-13-5-3-4-6-14(13)11-16/h3-12H,2H2,1H3. The third kappa shape index (κ3) is 3.55. The fourth-order valence-electron chi connectivity index (χ4n) is 2.34. The summed E-state index contributed by atoms with van der Waals surface area (Å²) in [5.41, 5.74) is 0. The molecule has 3 rings (SSSR count). The number of hydrogen-bond donors (Lipinski definition) is 0. The Morgan fingerprint density at radius 2 is 1.71 bits per heavy atom. The second-order valence-corrected chi connectivity index (χ2v) is 7.50. The van der Waals surface area contributed by atoms with E-state index in [0.717, 1.165) is 10.8 Å². The van der Waals surface area contributed by atoms with Crippen LogP contribution in [0.2, 0.25) is 0 Å². The van der Waals surface area contributed by atoms with Crippen molar-refractivity contribution >= 4 is 36.8 Å². The number of ether oxygens (including phenoxy) is 1. The lowest BCUT2D eigenvalue weighted by molar-refractivity contribution is 0.329. The average molecular weight is 407 g/mol. The van der Waals surface area contributed by atoms with Gasteiger partial charge in [0.15, 0.2) is 0 Å². The molecular formula is C18H15BrO4S. The van der Waals surface area contributed by atoms with Crippen LogP contribution in [0.25, 0.3) is 10.8 Å². The van der Waals surface area contributed by atoms with Gasteiger partial charge in [0.05, 0.1) is 6.61 Å². The summed E-state index contributed by atoms with van der Waals surface area (Å²) < 4.78 is 36.7. The summed E-state index contributed by atoms with van der Waals surface area (Å²) in [5.74, 6) is 0.526. The van der Waals surface area contributed by atoms with Crippen LogP contribution < -0.4 is 8.92 Å². The zero-order valence-electron chi connectivity index (χ0n) is 12.9. The first kappa shape index (κ1) is 16.8. The third-order valence-electron chi connectivity index (χ3n) is 3.40. The van der Waals surface area contributed by atoms with E-state index in [0.29, 0.717) is 11.1 Å². The van der Waals surface area contributed by atoms with E-state index in [2.05, 4.69) is 15.9 Å². The molecule has 0 saturated carbocycles. The third-order valence-corrected chi connectivity index (χ3v) is 5.16. The highest BCUT2D eigenvalue weighted by Gasteiger charge is 2.22. The highest BCUT2D eigenvalue weighted by Crippen LogP contribution is 2.31. The van der Waals surface area contributed by atoms with Gasteiger partial charge in [-0.1, -0.05) is 46.3 Å². The lowest BCUT2D eigenvalue weighted by atomic mass is 10.1. The van der Waals surface area contributed by atoms with Gasteiger partial charge in [0.25, 0.3) is 0 Å². The van der Waals surface area contributed by atoms with Crippen molar-refractivity contribution in [3.63, 3.8) is 0 Å². The van der Waals surface area contributed by atoms with Crippen LogP contribution in [0.4, 0.5) is 0 Å². The lowest BCUT2D eigenvalue weighted by Crippen LogP contribution is -2.12. The highest BCUT2D eigenvalue weighted by atomic mass is 79.9. The summed E-state index contributed by atoms with van der Waals surface area (Å²) in [4.78, 5) is -0.00752. The van der Waals surface area contributed by atoms with E-state index in [1.807, 2.05) is 30.3 Å². The number of halogens is 1. The summed E-state index contributed by atoms with van der Waals surface area (Å²) in [6.45, 7) is 2.16. The molecule has 0 fully saturated rings. The second kappa shape index (κ2) is 6.83. The summed E-state index contributed by atoms with van der Waals surface area (Å²) in [5, 5.41) is 1.92. The first-order valence-corrected chi connectivity index (χ1v) is 9.55. The Kier molecular flexibility index (Phi) is 4.78. The Hall–Kier alpha value is -2.05. The first-order valence-electron chi connectivity index (χ1n) is 7.35. The normalized spacial score (nSPS) is 11.4. The van der Waals surface area contributed by atoms with Gasteiger partial charge in [-0.15, -0.1) is 0 Å². The molecule has 0 atom stereocenters. The fraction of sp³-hybridized carbons (Fsp3) is 0.111. The Labute approximate surface area is 149 Å². The van der Waals surface area contributed by atoms with Gasteiger partial charge in [-0.3, -0.25) is 0 Å². The molecule has 0 amide bonds. The van der Waals surface area contributed by atoms with Crippen molar-refractivity contribution in [2.24, 2.45) is 0 Å². The quantitative estimate of drug-likeness (QED) is 0.572. The van der Waals surface area contributed by atoms with Gasteiger partial charge in [-0.25, -0.2) is 0 Å². The summed E-state index contributed by atoms with van der Waals surface area (Å²) in [6.07, 6.45) is 0. The molecule has 6 heteroatoms. The maximum atomic E-state index is 12.7. The van der Waals surface area contributed by atoms with Crippen molar-refractivity contribution in [1.82, 2.24) is 0 Å². The Morgan fingerprint density at radius 1 is 0.958 bits per heavy atom. The van der Waals surface area contributed by atoms with E-state index in [1.165, 1.54) is 6.07 Å². The zero-order valence-corrected chi connectivity index (χ0v) is 15.3. The molecule has 0 saturated heterocycles. The maximum Gasteiger partial charge on any atom is 0.342 e. The summed E-state index contributed by atoms with van der Waals surface area (Å²) >= 11 is 3.28. The van der Waals surface area contributed by atoms with Crippen molar-refractivity contribution in [1.29, 1.82) is 0 Å². The van der Waals surface area contributed by atoms with Gasteiger partial charge < -0.3 is 8.92 Å². The predicted octanol–water partition coefficient (Wildman–Crippen LogP) is 4.77. The van der Waals surface area contributed by atoms with E-state index in [1.54, 1.807) is 31.2 Å². The molecule has 0 aliphatic carbocycles. The Bertz CT molecular complexity index is 983. The Morgan fingerprint density at radius 3 is 2.46 bits per heavy atom. The topological polar surface area (TPSA) is 52.6 Å². The summed E-state index contributed by atoms with van der Waals surface area (Å²) in [7, 11) is -4.01. The van der Waals surface area contributed by atoms with Crippen molar-refractivity contribution in [3.05, 3.63) is 65.1 Å². The molecule has 24 heavy (non-hydrogen) atoms. The molecule has 0 N–H and O–H groups in total. The van der Waals surface area contributed by atoms with E-state index >= 15 is 0 Å². The minimum absolute atomic E-state index is 0.00752. The van der Waals surface area contributed by atoms with Gasteiger partial charge in [0, 0.05) is 4.47 Å². The molecule has 0 aliphatic rings. The molecule has 3 aromatic carbocycles. The van der Waals surface area contributed by atoms with Gasteiger partial charge in [0.2, 0.25) is 0 Å². The number of benzene rings is 3. The van der Waals surface area contributed by atoms with Crippen LogP contribution in [0.3, 0.4) is 0 Å². The first-order chi connectivity index (χ1) is 11.5. The van der Waals surface area contributed by atoms with Crippen LogP contribution in [0.1, 0.15) is 6.92 Å². The van der Waals surface area contributed by atoms with Crippen molar-refractivity contribution < 1.29 is 17.3 Å². The van der Waals surface area contributed by atoms with Crippen molar-refractivity contribution in [2.75, 3.05) is 6.61 Å². The molecule has 4 nitrogen and oxygen atoms in total. The lowest BCUT2D eigenvalue weighted by Gasteiger charge is -2.12. The molecular weight excluding hydrogens is 392 g/mol. The van der Waals surface area contributed by atoms with Crippen LogP contribution in [-0.4, -0.2) is 15.0 Å². The predicted molar refractivity (Wildman–Crippen MR) is 97.1 cm³/mol. The Balaban J connectivity index is 1.99.